The molecule has 0 radical (unpaired) electrons. The summed E-state index contributed by atoms with van der Waals surface area (Å²) in [5.74, 6) is 1.89. The molecule has 1 saturated carbocycles. The van der Waals surface area contributed by atoms with Crippen LogP contribution in [0.3, 0.4) is 0 Å². The molecule has 20 heavy (non-hydrogen) atoms. The third kappa shape index (κ3) is 2.06. The van der Waals surface area contributed by atoms with Gasteiger partial charge in [0.25, 0.3) is 0 Å². The van der Waals surface area contributed by atoms with Gasteiger partial charge < -0.3 is 10.2 Å². The molecule has 1 saturated heterocycles. The number of fused-ring (bicyclic) bond motifs is 1. The van der Waals surface area contributed by atoms with Crippen molar-refractivity contribution in [2.24, 2.45) is 0 Å². The zero-order valence-electron chi connectivity index (χ0n) is 12.0. The summed E-state index contributed by atoms with van der Waals surface area (Å²) in [4.78, 5) is 7.16. The van der Waals surface area contributed by atoms with Gasteiger partial charge in [0, 0.05) is 49.9 Å². The molecule has 0 amide bonds. The summed E-state index contributed by atoms with van der Waals surface area (Å²) < 4.78 is 2.05. The van der Waals surface area contributed by atoms with Crippen LogP contribution in [0.25, 0.3) is 5.65 Å². The molecule has 2 aromatic heterocycles. The second-order valence-electron chi connectivity index (χ2n) is 5.81. The van der Waals surface area contributed by atoms with Crippen molar-refractivity contribution in [2.75, 3.05) is 31.1 Å². The van der Waals surface area contributed by atoms with Crippen LogP contribution in [0.5, 0.6) is 0 Å². The van der Waals surface area contributed by atoms with Crippen molar-refractivity contribution in [1.29, 1.82) is 0 Å². The van der Waals surface area contributed by atoms with E-state index in [4.69, 9.17) is 10.1 Å². The molecule has 5 nitrogen and oxygen atoms in total. The lowest BCUT2D eigenvalue weighted by Gasteiger charge is -2.29. The van der Waals surface area contributed by atoms with Gasteiger partial charge in [0.05, 0.1) is 5.69 Å². The summed E-state index contributed by atoms with van der Waals surface area (Å²) in [5, 5.41) is 8.22. The molecular formula is C15H21N5. The van der Waals surface area contributed by atoms with E-state index in [2.05, 4.69) is 33.8 Å². The average Bonchev–Trinajstić information content (AvgIpc) is 3.26. The van der Waals surface area contributed by atoms with Crippen LogP contribution in [-0.2, 0) is 6.42 Å². The first-order valence-electron chi connectivity index (χ1n) is 7.70. The van der Waals surface area contributed by atoms with E-state index >= 15 is 0 Å². The SMILES string of the molecule is CCc1cc(N2CCNCC2)n2nc(C3CC3)cc2n1. The summed E-state index contributed by atoms with van der Waals surface area (Å²) >= 11 is 0. The fraction of sp³-hybridized carbons (Fsp3) is 0.600. The molecule has 106 valence electrons. The summed E-state index contributed by atoms with van der Waals surface area (Å²) in [5.41, 5.74) is 3.40. The van der Waals surface area contributed by atoms with E-state index < -0.39 is 0 Å². The molecule has 0 bridgehead atoms. The third-order valence-corrected chi connectivity index (χ3v) is 4.28. The number of nitrogens with one attached hydrogen (secondary N) is 1. The smallest absolute Gasteiger partial charge is 0.157 e. The Balaban J connectivity index is 1.82. The number of rotatable bonds is 3. The average molecular weight is 271 g/mol. The maximum atomic E-state index is 4.82. The number of hydrogen-bond donors (Lipinski definition) is 1. The highest BCUT2D eigenvalue weighted by atomic mass is 15.4. The molecule has 4 rings (SSSR count). The molecule has 2 aliphatic rings. The van der Waals surface area contributed by atoms with E-state index in [9.17, 15) is 0 Å². The van der Waals surface area contributed by atoms with E-state index in [0.29, 0.717) is 5.92 Å². The minimum absolute atomic E-state index is 0.678. The van der Waals surface area contributed by atoms with Crippen molar-refractivity contribution in [2.45, 2.75) is 32.1 Å². The Morgan fingerprint density at radius 2 is 2.05 bits per heavy atom. The van der Waals surface area contributed by atoms with Gasteiger partial charge in [0.2, 0.25) is 0 Å². The standard InChI is InChI=1S/C15H21N5/c1-2-12-9-15(19-7-5-16-6-8-19)20-14(17-12)10-13(18-20)11-3-4-11/h9-11,16H,2-8H2,1H3. The number of aryl methyl sites for hydroxylation is 1. The van der Waals surface area contributed by atoms with Gasteiger partial charge in [-0.05, 0) is 19.3 Å². The maximum absolute atomic E-state index is 4.82. The van der Waals surface area contributed by atoms with Crippen LogP contribution in [0.15, 0.2) is 12.1 Å². The highest BCUT2D eigenvalue weighted by Gasteiger charge is 2.27. The van der Waals surface area contributed by atoms with Crippen molar-refractivity contribution < 1.29 is 0 Å². The topological polar surface area (TPSA) is 45.5 Å². The van der Waals surface area contributed by atoms with E-state index in [-0.39, 0.29) is 0 Å². The second-order valence-corrected chi connectivity index (χ2v) is 5.81. The Bertz CT molecular complexity index is 622. The summed E-state index contributed by atoms with van der Waals surface area (Å²) in [6.07, 6.45) is 3.54. The fourth-order valence-corrected chi connectivity index (χ4v) is 2.91. The quantitative estimate of drug-likeness (QED) is 0.920. The Morgan fingerprint density at radius 3 is 2.75 bits per heavy atom. The highest BCUT2D eigenvalue weighted by Crippen LogP contribution is 2.39. The highest BCUT2D eigenvalue weighted by molar-refractivity contribution is 5.53. The van der Waals surface area contributed by atoms with Gasteiger partial charge in [-0.25, -0.2) is 4.98 Å². The summed E-state index contributed by atoms with van der Waals surface area (Å²) in [6.45, 7) is 6.34. The number of hydrogen-bond acceptors (Lipinski definition) is 4. The van der Waals surface area contributed by atoms with Gasteiger partial charge in [-0.1, -0.05) is 6.92 Å². The molecule has 0 unspecified atom stereocenters. The van der Waals surface area contributed by atoms with Gasteiger partial charge in [0.15, 0.2) is 5.65 Å². The molecule has 2 fully saturated rings. The third-order valence-electron chi connectivity index (χ3n) is 4.28. The second kappa shape index (κ2) is 4.74. The molecule has 1 N–H and O–H groups in total. The van der Waals surface area contributed by atoms with Crippen molar-refractivity contribution in [1.82, 2.24) is 19.9 Å². The molecule has 1 aliphatic heterocycles. The van der Waals surface area contributed by atoms with Crippen LogP contribution in [0, 0.1) is 0 Å². The lowest BCUT2D eigenvalue weighted by Crippen LogP contribution is -2.44. The van der Waals surface area contributed by atoms with Crippen LogP contribution < -0.4 is 10.2 Å². The van der Waals surface area contributed by atoms with E-state index in [1.807, 2.05) is 0 Å². The number of aromatic nitrogens is 3. The molecular weight excluding hydrogens is 250 g/mol. The molecule has 1 aliphatic carbocycles. The van der Waals surface area contributed by atoms with Crippen molar-refractivity contribution in [3.8, 4) is 0 Å². The molecule has 3 heterocycles. The van der Waals surface area contributed by atoms with Crippen LogP contribution in [0.2, 0.25) is 0 Å². The number of anilines is 1. The van der Waals surface area contributed by atoms with E-state index in [1.54, 1.807) is 0 Å². The Hall–Kier alpha value is -1.62. The minimum Gasteiger partial charge on any atom is -0.354 e. The van der Waals surface area contributed by atoms with Crippen LogP contribution in [-0.4, -0.2) is 40.8 Å². The summed E-state index contributed by atoms with van der Waals surface area (Å²) in [6, 6.07) is 4.39. The van der Waals surface area contributed by atoms with Crippen molar-refractivity contribution in [3.05, 3.63) is 23.5 Å². The monoisotopic (exact) mass is 271 g/mol. The molecule has 0 atom stereocenters. The zero-order valence-corrected chi connectivity index (χ0v) is 12.0. The first-order chi connectivity index (χ1) is 9.85. The number of piperazine rings is 1. The Kier molecular flexibility index (Phi) is 2.88. The molecule has 5 heteroatoms. The zero-order chi connectivity index (χ0) is 13.5. The first kappa shape index (κ1) is 12.1. The van der Waals surface area contributed by atoms with Crippen LogP contribution in [0.1, 0.15) is 37.1 Å². The van der Waals surface area contributed by atoms with Crippen LogP contribution >= 0.6 is 0 Å². The van der Waals surface area contributed by atoms with Crippen LogP contribution in [0.4, 0.5) is 5.82 Å². The van der Waals surface area contributed by atoms with E-state index in [1.165, 1.54) is 24.4 Å². The van der Waals surface area contributed by atoms with Gasteiger partial charge in [0.1, 0.15) is 5.82 Å². The number of nitrogens with zero attached hydrogens (tertiary/aromatic N) is 4. The fourth-order valence-electron chi connectivity index (χ4n) is 2.91. The molecule has 0 spiro atoms. The van der Waals surface area contributed by atoms with E-state index in [0.717, 1.165) is 43.9 Å². The van der Waals surface area contributed by atoms with Gasteiger partial charge in [-0.2, -0.15) is 9.61 Å². The molecule has 2 aromatic rings. The van der Waals surface area contributed by atoms with Gasteiger partial charge >= 0.3 is 0 Å². The lowest BCUT2D eigenvalue weighted by atomic mass is 10.2. The normalized spacial score (nSPS) is 19.8. The van der Waals surface area contributed by atoms with Gasteiger partial charge in [-0.15, -0.1) is 0 Å². The van der Waals surface area contributed by atoms with Crippen molar-refractivity contribution in [3.63, 3.8) is 0 Å². The maximum Gasteiger partial charge on any atom is 0.157 e. The van der Waals surface area contributed by atoms with Crippen molar-refractivity contribution >= 4 is 11.5 Å². The largest absolute Gasteiger partial charge is 0.354 e. The minimum atomic E-state index is 0.678. The summed E-state index contributed by atoms with van der Waals surface area (Å²) in [7, 11) is 0. The lowest BCUT2D eigenvalue weighted by molar-refractivity contribution is 0.579. The molecule has 0 aromatic carbocycles. The Morgan fingerprint density at radius 1 is 1.25 bits per heavy atom. The first-order valence-corrected chi connectivity index (χ1v) is 7.70. The van der Waals surface area contributed by atoms with Gasteiger partial charge in [-0.3, -0.25) is 0 Å². The Labute approximate surface area is 119 Å². The predicted molar refractivity (Wildman–Crippen MR) is 79.4 cm³/mol. The predicted octanol–water partition coefficient (Wildman–Crippen LogP) is 1.58.